The van der Waals surface area contributed by atoms with Gasteiger partial charge in [-0.25, -0.2) is 0 Å². The molecular formula is C14H17NO2. The van der Waals surface area contributed by atoms with E-state index < -0.39 is 0 Å². The molecule has 1 fully saturated rings. The molecule has 0 aromatic heterocycles. The minimum absolute atomic E-state index is 0.0145. The van der Waals surface area contributed by atoms with Gasteiger partial charge < -0.3 is 9.64 Å². The third-order valence-corrected chi connectivity index (χ3v) is 3.69. The Hall–Kier alpha value is -1.51. The zero-order valence-corrected chi connectivity index (χ0v) is 10.3. The van der Waals surface area contributed by atoms with Crippen molar-refractivity contribution in [2.75, 3.05) is 19.7 Å². The molecule has 2 aliphatic rings. The second-order valence-corrected chi connectivity index (χ2v) is 5.53. The number of ether oxygens (including phenoxy) is 1. The number of rotatable bonds is 1. The average molecular weight is 231 g/mol. The Balaban J connectivity index is 1.95. The fourth-order valence-corrected chi connectivity index (χ4v) is 2.36. The summed E-state index contributed by atoms with van der Waals surface area (Å²) >= 11 is 0. The van der Waals surface area contributed by atoms with E-state index in [0.29, 0.717) is 6.61 Å². The van der Waals surface area contributed by atoms with E-state index in [1.807, 2.05) is 23.1 Å². The molecule has 3 rings (SSSR count). The lowest BCUT2D eigenvalue weighted by Gasteiger charge is -2.31. The van der Waals surface area contributed by atoms with Crippen LogP contribution in [-0.4, -0.2) is 30.5 Å². The standard InChI is InChI=1S/C14H17NO2/c1-14(2)9-17-12-5-4-10(8-11(12)14)13(16)15-6-3-7-15/h4-5,8H,3,6-7,9H2,1-2H3. The van der Waals surface area contributed by atoms with Gasteiger partial charge in [0.2, 0.25) is 0 Å². The number of amides is 1. The van der Waals surface area contributed by atoms with Gasteiger partial charge in [-0.15, -0.1) is 0 Å². The maximum absolute atomic E-state index is 12.1. The fraction of sp³-hybridized carbons (Fsp3) is 0.500. The lowest BCUT2D eigenvalue weighted by Crippen LogP contribution is -2.42. The minimum atomic E-state index is 0.0145. The van der Waals surface area contributed by atoms with Crippen LogP contribution in [-0.2, 0) is 5.41 Å². The first-order valence-electron chi connectivity index (χ1n) is 6.14. The van der Waals surface area contributed by atoms with Gasteiger partial charge in [0.05, 0.1) is 6.61 Å². The van der Waals surface area contributed by atoms with Crippen molar-refractivity contribution < 1.29 is 9.53 Å². The maximum atomic E-state index is 12.1. The van der Waals surface area contributed by atoms with Crippen LogP contribution in [0.3, 0.4) is 0 Å². The molecule has 17 heavy (non-hydrogen) atoms. The zero-order valence-electron chi connectivity index (χ0n) is 10.3. The molecule has 1 amide bonds. The molecule has 1 aromatic carbocycles. The highest BCUT2D eigenvalue weighted by Crippen LogP contribution is 2.38. The van der Waals surface area contributed by atoms with Crippen molar-refractivity contribution in [1.29, 1.82) is 0 Å². The molecule has 0 aliphatic carbocycles. The van der Waals surface area contributed by atoms with Gasteiger partial charge in [0.15, 0.2) is 0 Å². The number of likely N-dealkylation sites (tertiary alicyclic amines) is 1. The summed E-state index contributed by atoms with van der Waals surface area (Å²) in [6.45, 7) is 6.79. The molecule has 0 spiro atoms. The lowest BCUT2D eigenvalue weighted by molar-refractivity contribution is 0.0651. The summed E-state index contributed by atoms with van der Waals surface area (Å²) in [5.74, 6) is 1.08. The van der Waals surface area contributed by atoms with Crippen LogP contribution in [0.5, 0.6) is 5.75 Å². The first kappa shape index (κ1) is 10.6. The Bertz CT molecular complexity index is 475. The Morgan fingerprint density at radius 2 is 2.12 bits per heavy atom. The monoisotopic (exact) mass is 231 g/mol. The number of hydrogen-bond donors (Lipinski definition) is 0. The summed E-state index contributed by atoms with van der Waals surface area (Å²) < 4.78 is 5.62. The Morgan fingerprint density at radius 1 is 1.35 bits per heavy atom. The largest absolute Gasteiger partial charge is 0.492 e. The number of carbonyl (C=O) groups is 1. The molecule has 0 radical (unpaired) electrons. The van der Waals surface area contributed by atoms with Crippen molar-refractivity contribution in [3.05, 3.63) is 29.3 Å². The van der Waals surface area contributed by atoms with Crippen molar-refractivity contribution in [1.82, 2.24) is 4.90 Å². The topological polar surface area (TPSA) is 29.5 Å². The average Bonchev–Trinajstić information content (AvgIpc) is 2.52. The van der Waals surface area contributed by atoms with Crippen LogP contribution in [0.4, 0.5) is 0 Å². The highest BCUT2D eigenvalue weighted by atomic mass is 16.5. The van der Waals surface area contributed by atoms with Gasteiger partial charge in [-0.3, -0.25) is 4.79 Å². The van der Waals surface area contributed by atoms with Gasteiger partial charge in [0.25, 0.3) is 5.91 Å². The lowest BCUT2D eigenvalue weighted by atomic mass is 9.86. The Labute approximate surface area is 101 Å². The van der Waals surface area contributed by atoms with Gasteiger partial charge in [-0.05, 0) is 24.6 Å². The van der Waals surface area contributed by atoms with Crippen LogP contribution in [0.25, 0.3) is 0 Å². The van der Waals surface area contributed by atoms with E-state index in [0.717, 1.165) is 36.4 Å². The van der Waals surface area contributed by atoms with E-state index >= 15 is 0 Å². The molecule has 3 nitrogen and oxygen atoms in total. The highest BCUT2D eigenvalue weighted by Gasteiger charge is 2.33. The molecule has 1 aromatic rings. The molecule has 1 saturated heterocycles. The summed E-state index contributed by atoms with van der Waals surface area (Å²) in [7, 11) is 0. The number of hydrogen-bond acceptors (Lipinski definition) is 2. The predicted octanol–water partition coefficient (Wildman–Crippen LogP) is 2.20. The van der Waals surface area contributed by atoms with Crippen LogP contribution in [0, 0.1) is 0 Å². The molecule has 2 aliphatic heterocycles. The maximum Gasteiger partial charge on any atom is 0.253 e. The van der Waals surface area contributed by atoms with E-state index in [4.69, 9.17) is 4.74 Å². The van der Waals surface area contributed by atoms with E-state index in [1.165, 1.54) is 0 Å². The van der Waals surface area contributed by atoms with Crippen molar-refractivity contribution >= 4 is 5.91 Å². The van der Waals surface area contributed by atoms with E-state index in [1.54, 1.807) is 0 Å². The van der Waals surface area contributed by atoms with Gasteiger partial charge in [-0.2, -0.15) is 0 Å². The van der Waals surface area contributed by atoms with Crippen molar-refractivity contribution in [3.8, 4) is 5.75 Å². The summed E-state index contributed by atoms with van der Waals surface area (Å²) in [5.41, 5.74) is 1.96. The quantitative estimate of drug-likeness (QED) is 0.741. The molecule has 0 atom stereocenters. The minimum Gasteiger partial charge on any atom is -0.492 e. The second-order valence-electron chi connectivity index (χ2n) is 5.53. The van der Waals surface area contributed by atoms with Crippen LogP contribution in [0.15, 0.2) is 18.2 Å². The SMILES string of the molecule is CC1(C)COc2ccc(C(=O)N3CCC3)cc21. The third kappa shape index (κ3) is 1.61. The van der Waals surface area contributed by atoms with Crippen molar-refractivity contribution in [2.45, 2.75) is 25.7 Å². The van der Waals surface area contributed by atoms with Gasteiger partial charge in [0.1, 0.15) is 5.75 Å². The molecule has 0 unspecified atom stereocenters. The summed E-state index contributed by atoms with van der Waals surface area (Å²) in [6, 6.07) is 5.81. The normalized spacial score (nSPS) is 20.5. The number of carbonyl (C=O) groups excluding carboxylic acids is 1. The molecule has 2 heterocycles. The Kier molecular flexibility index (Phi) is 2.18. The molecule has 0 N–H and O–H groups in total. The van der Waals surface area contributed by atoms with Crippen LogP contribution in [0.1, 0.15) is 36.2 Å². The van der Waals surface area contributed by atoms with Crippen LogP contribution < -0.4 is 4.74 Å². The Morgan fingerprint density at radius 3 is 2.76 bits per heavy atom. The summed E-state index contributed by atoms with van der Waals surface area (Å²) in [6.07, 6.45) is 1.13. The van der Waals surface area contributed by atoms with E-state index in [9.17, 15) is 4.79 Å². The van der Waals surface area contributed by atoms with E-state index in [2.05, 4.69) is 13.8 Å². The predicted molar refractivity (Wildman–Crippen MR) is 65.5 cm³/mol. The van der Waals surface area contributed by atoms with Crippen LogP contribution >= 0.6 is 0 Å². The van der Waals surface area contributed by atoms with Gasteiger partial charge in [0, 0.05) is 29.6 Å². The molecule has 0 saturated carbocycles. The third-order valence-electron chi connectivity index (χ3n) is 3.69. The van der Waals surface area contributed by atoms with Gasteiger partial charge in [-0.1, -0.05) is 13.8 Å². The first-order chi connectivity index (χ1) is 8.08. The molecule has 3 heteroatoms. The second kappa shape index (κ2) is 3.49. The van der Waals surface area contributed by atoms with Crippen molar-refractivity contribution in [2.24, 2.45) is 0 Å². The van der Waals surface area contributed by atoms with Crippen molar-refractivity contribution in [3.63, 3.8) is 0 Å². The van der Waals surface area contributed by atoms with E-state index in [-0.39, 0.29) is 11.3 Å². The molecule has 90 valence electrons. The number of benzene rings is 1. The van der Waals surface area contributed by atoms with Gasteiger partial charge >= 0.3 is 0 Å². The smallest absolute Gasteiger partial charge is 0.253 e. The number of nitrogens with zero attached hydrogens (tertiary/aromatic N) is 1. The molecular weight excluding hydrogens is 214 g/mol. The summed E-state index contributed by atoms with van der Waals surface area (Å²) in [5, 5.41) is 0. The van der Waals surface area contributed by atoms with Crippen LogP contribution in [0.2, 0.25) is 0 Å². The zero-order chi connectivity index (χ0) is 12.0. The highest BCUT2D eigenvalue weighted by molar-refractivity contribution is 5.95. The first-order valence-corrected chi connectivity index (χ1v) is 6.14. The fourth-order valence-electron chi connectivity index (χ4n) is 2.36. The number of fused-ring (bicyclic) bond motifs is 1. The molecule has 0 bridgehead atoms. The summed E-state index contributed by atoms with van der Waals surface area (Å²) in [4.78, 5) is 14.0.